The smallest absolute Gasteiger partial charge is 0.341 e. The number of hydrogen-bond acceptors (Lipinski definition) is 12. The predicted molar refractivity (Wildman–Crippen MR) is 364 cm³/mol. The van der Waals surface area contributed by atoms with E-state index in [1.807, 2.05) is 109 Å². The number of aromatic nitrogens is 1. The number of nitrogens with zero attached hydrogens (tertiary/aromatic N) is 8. The molecule has 7 N–H and O–H groups in total. The van der Waals surface area contributed by atoms with Gasteiger partial charge >= 0.3 is 5.97 Å². The normalized spacial score (nSPS) is 17.5. The highest BCUT2D eigenvalue weighted by atomic mass is 16.4. The van der Waals surface area contributed by atoms with E-state index in [1.165, 1.54) is 68.6 Å². The second-order valence-electron chi connectivity index (χ2n) is 22.9. The molecular formula is C75H74N10O6. The summed E-state index contributed by atoms with van der Waals surface area (Å²) in [4.78, 5) is 35.1. The summed E-state index contributed by atoms with van der Waals surface area (Å²) in [6.45, 7) is 2.00. The first kappa shape index (κ1) is 62.0. The van der Waals surface area contributed by atoms with Crippen molar-refractivity contribution in [2.24, 2.45) is 10.8 Å². The summed E-state index contributed by atoms with van der Waals surface area (Å²) in [5, 5.41) is 44.5. The van der Waals surface area contributed by atoms with E-state index in [1.54, 1.807) is 4.57 Å². The van der Waals surface area contributed by atoms with Gasteiger partial charge in [0, 0.05) is 94.2 Å². The van der Waals surface area contributed by atoms with Crippen LogP contribution in [0.15, 0.2) is 265 Å². The second kappa shape index (κ2) is 29.6. The number of rotatable bonds is 12. The maximum atomic E-state index is 11.8. The average molecular weight is 1210 g/mol. The Morgan fingerprint density at radius 2 is 0.857 bits per heavy atom. The fraction of sp³-hybridized carbons (Fsp3) is 0.200. The van der Waals surface area contributed by atoms with Crippen LogP contribution in [0.4, 0.5) is 51.2 Å². The first-order valence-electron chi connectivity index (χ1n) is 30.8. The zero-order valence-electron chi connectivity index (χ0n) is 50.5. The second-order valence-corrected chi connectivity index (χ2v) is 22.9. The summed E-state index contributed by atoms with van der Waals surface area (Å²) in [6.07, 6.45) is 7.19. The lowest BCUT2D eigenvalue weighted by molar-refractivity contribution is 0.0693. The van der Waals surface area contributed by atoms with E-state index in [-0.39, 0.29) is 37.4 Å². The molecular weight excluding hydrogens is 1140 g/mol. The molecule has 0 saturated heterocycles. The molecule has 6 heterocycles. The molecule has 15 rings (SSSR count). The van der Waals surface area contributed by atoms with Crippen molar-refractivity contribution in [3.63, 3.8) is 0 Å². The Balaban J connectivity index is 0.000000120. The maximum absolute atomic E-state index is 11.8. The number of hydrogen-bond donors (Lipinski definition) is 6. The molecule has 0 saturated carbocycles. The van der Waals surface area contributed by atoms with Crippen molar-refractivity contribution < 1.29 is 25.2 Å². The zero-order valence-corrected chi connectivity index (χ0v) is 50.5. The van der Waals surface area contributed by atoms with Gasteiger partial charge in [-0.25, -0.2) is 4.79 Å². The monoisotopic (exact) mass is 1210 g/mol. The van der Waals surface area contributed by atoms with E-state index < -0.39 is 22.7 Å². The molecule has 5 atom stereocenters. The molecule has 0 amide bonds. The number of benzene rings is 9. The number of nitrogens with one attached hydrogen (secondary N) is 1. The molecule has 0 unspecified atom stereocenters. The quantitative estimate of drug-likeness (QED) is 0.0382. The van der Waals surface area contributed by atoms with Crippen LogP contribution in [0.5, 0.6) is 5.75 Å². The number of carboxylic acid groups (broad SMARTS) is 1. The number of aliphatic hydroxyl groups excluding tert-OH is 2. The van der Waals surface area contributed by atoms with Gasteiger partial charge in [-0.05, 0) is 144 Å². The van der Waals surface area contributed by atoms with Gasteiger partial charge in [-0.3, -0.25) is 4.79 Å². The van der Waals surface area contributed by atoms with Crippen LogP contribution in [-0.4, -0.2) is 87.5 Å². The highest BCUT2D eigenvalue weighted by Gasteiger charge is 2.33. The number of carbonyl (C=O) groups is 1. The first-order chi connectivity index (χ1) is 44.6. The minimum absolute atomic E-state index is 0.0216. The molecule has 9 aromatic carbocycles. The van der Waals surface area contributed by atoms with E-state index >= 15 is 0 Å². The highest BCUT2D eigenvalue weighted by Crippen LogP contribution is 2.42. The number of aliphatic hydroxyl groups is 2. The van der Waals surface area contributed by atoms with Crippen LogP contribution in [0.2, 0.25) is 0 Å². The minimum Gasteiger partial charge on any atom is -0.503 e. The summed E-state index contributed by atoms with van der Waals surface area (Å²) >= 11 is 0. The molecule has 16 heteroatoms. The van der Waals surface area contributed by atoms with Crippen LogP contribution in [0.1, 0.15) is 38.2 Å². The maximum Gasteiger partial charge on any atom is 0.341 e. The molecule has 16 nitrogen and oxygen atoms in total. The Labute approximate surface area is 530 Å². The minimum atomic E-state index is -1.35. The number of anilines is 9. The fourth-order valence-electron chi connectivity index (χ4n) is 13.0. The molecule has 0 radical (unpaired) electrons. The summed E-state index contributed by atoms with van der Waals surface area (Å²) in [5.74, 6) is -1.91. The van der Waals surface area contributed by atoms with Gasteiger partial charge in [-0.1, -0.05) is 169 Å². The molecule has 0 fully saturated rings. The van der Waals surface area contributed by atoms with Gasteiger partial charge in [0.2, 0.25) is 5.43 Å². The van der Waals surface area contributed by atoms with Crippen molar-refractivity contribution in [3.05, 3.63) is 309 Å². The van der Waals surface area contributed by atoms with Gasteiger partial charge in [0.05, 0.1) is 37.4 Å². The Morgan fingerprint density at radius 1 is 0.484 bits per heavy atom. The van der Waals surface area contributed by atoms with Crippen LogP contribution >= 0.6 is 0 Å². The van der Waals surface area contributed by atoms with E-state index in [4.69, 9.17) is 16.4 Å². The third-order valence-electron chi connectivity index (χ3n) is 17.0. The van der Waals surface area contributed by atoms with Gasteiger partial charge in [0.15, 0.2) is 5.75 Å². The number of aromatic carboxylic acids is 1. The lowest BCUT2D eigenvalue weighted by Gasteiger charge is -2.28. The third-order valence-corrected chi connectivity index (χ3v) is 17.0. The number of para-hydroxylation sites is 9. The van der Waals surface area contributed by atoms with Crippen molar-refractivity contribution in [2.45, 2.75) is 68.9 Å². The van der Waals surface area contributed by atoms with Crippen molar-refractivity contribution in [1.82, 2.24) is 4.57 Å². The summed E-state index contributed by atoms with van der Waals surface area (Å²) in [6, 6.07) is 83.5. The lowest BCUT2D eigenvalue weighted by Crippen LogP contribution is -2.34. The summed E-state index contributed by atoms with van der Waals surface area (Å²) in [5.41, 5.74) is 30.3. The number of nitrogens with two attached hydrogens (primary N) is 1. The van der Waals surface area contributed by atoms with Crippen molar-refractivity contribution in [2.75, 3.05) is 51.2 Å². The van der Waals surface area contributed by atoms with Crippen molar-refractivity contribution in [3.8, 4) is 5.75 Å². The lowest BCUT2D eigenvalue weighted by atomic mass is 10.1. The van der Waals surface area contributed by atoms with E-state index in [2.05, 4.69) is 168 Å². The SMILES string of the molecule is NC[C@@H]1Cc2ccccc2N1c1ccccc1.O=C(O)c1cn(C[C@@H]2Cc3ccccc3N2c2ccccc2)cc(O)c1=O.OC[C@@H]1Cc2ccccc2N1.OC[C@@H]1Cc2ccccc2N1c1ccccc1.[N-]=[N+]=NC[C@@H]1Cc2ccccc2N1c1ccccc1. The molecule has 0 bridgehead atoms. The van der Waals surface area contributed by atoms with Crippen LogP contribution in [0, 0.1) is 0 Å². The van der Waals surface area contributed by atoms with Gasteiger partial charge in [-0.15, -0.1) is 0 Å². The van der Waals surface area contributed by atoms with E-state index in [0.29, 0.717) is 25.7 Å². The molecule has 91 heavy (non-hydrogen) atoms. The third kappa shape index (κ3) is 14.3. The van der Waals surface area contributed by atoms with Gasteiger partial charge < -0.3 is 55.6 Å². The van der Waals surface area contributed by atoms with Crippen molar-refractivity contribution in [1.29, 1.82) is 0 Å². The number of fused-ring (bicyclic) bond motifs is 5. The first-order valence-corrected chi connectivity index (χ1v) is 30.8. The van der Waals surface area contributed by atoms with Crippen LogP contribution in [0.3, 0.4) is 0 Å². The van der Waals surface area contributed by atoms with Gasteiger partial charge in [-0.2, -0.15) is 0 Å². The Hall–Kier alpha value is -10.6. The van der Waals surface area contributed by atoms with Crippen LogP contribution in [-0.2, 0) is 38.6 Å². The van der Waals surface area contributed by atoms with Crippen LogP contribution in [0.25, 0.3) is 10.4 Å². The van der Waals surface area contributed by atoms with Gasteiger partial charge in [0.1, 0.15) is 5.56 Å². The molecule has 5 aliphatic heterocycles. The average Bonchev–Trinajstić information content (AvgIpc) is 1.80. The fourth-order valence-corrected chi connectivity index (χ4v) is 13.0. The Bertz CT molecular complexity index is 4030. The summed E-state index contributed by atoms with van der Waals surface area (Å²) < 4.78 is 1.58. The molecule has 460 valence electrons. The van der Waals surface area contributed by atoms with E-state index in [9.17, 15) is 24.9 Å². The topological polar surface area (TPSA) is 220 Å². The van der Waals surface area contributed by atoms with Crippen molar-refractivity contribution >= 4 is 57.2 Å². The van der Waals surface area contributed by atoms with Gasteiger partial charge in [0.25, 0.3) is 0 Å². The highest BCUT2D eigenvalue weighted by molar-refractivity contribution is 5.87. The number of pyridine rings is 1. The zero-order chi connectivity index (χ0) is 63.1. The Morgan fingerprint density at radius 3 is 1.27 bits per heavy atom. The molecule has 5 aliphatic rings. The van der Waals surface area contributed by atoms with E-state index in [0.717, 1.165) is 54.9 Å². The molecule has 0 spiro atoms. The molecule has 10 aromatic rings. The summed E-state index contributed by atoms with van der Waals surface area (Å²) in [7, 11) is 0. The van der Waals surface area contributed by atoms with Crippen LogP contribution < -0.4 is 36.1 Å². The predicted octanol–water partition coefficient (Wildman–Crippen LogP) is 13.5. The number of aromatic hydroxyl groups is 1. The molecule has 1 aromatic heterocycles. The Kier molecular flexibility index (Phi) is 20.2. The largest absolute Gasteiger partial charge is 0.503 e. The number of azide groups is 1. The number of carboxylic acids is 1. The molecule has 0 aliphatic carbocycles. The standard InChI is InChI=1S/C21H18N2O4.C15H14N4.C15H16N2.C15H15NO.C9H11NO/c24-19-13-22(12-17(20(19)25)21(26)27)11-16-10-14-6-4-5-9-18(14)23(16)15-7-2-1-3-8-15;16-18-17-11-14-10-12-6-4-5-9-15(12)19(14)13-7-2-1-3-8-13;16-11-14-10-12-6-4-5-9-15(12)17(14)13-7-2-1-3-8-13;17-11-14-10-12-6-4-5-9-15(12)16(14)13-7-2-1-3-8-13;11-6-8-5-7-3-1-2-4-9(7)10-8/h1-9,12-13,16,24H,10-11H2,(H,26,27);1-9,14H,10-11H2;1-9,14H,10-11,16H2;1-9,14,17H,10-11H2;1-4,8,10-11H,5-6H2/t16-;3*14-;8-/m00000/s1.